The molecule has 0 saturated carbocycles. The second kappa shape index (κ2) is 5.82. The number of anilines is 1. The number of halogens is 1. The van der Waals surface area contributed by atoms with Crippen molar-refractivity contribution in [1.82, 2.24) is 0 Å². The Morgan fingerprint density at radius 1 is 1.12 bits per heavy atom. The van der Waals surface area contributed by atoms with Crippen molar-refractivity contribution in [2.75, 3.05) is 11.5 Å². The molecule has 0 radical (unpaired) electrons. The Kier molecular flexibility index (Phi) is 3.62. The summed E-state index contributed by atoms with van der Waals surface area (Å²) in [4.78, 5) is 29.9. The number of H-pyrrole nitrogens is 1. The van der Waals surface area contributed by atoms with Gasteiger partial charge in [-0.25, -0.2) is 4.79 Å². The molecule has 2 amide bonds. The molecule has 1 aliphatic heterocycles. The van der Waals surface area contributed by atoms with Gasteiger partial charge in [0, 0.05) is 6.07 Å². The van der Waals surface area contributed by atoms with Gasteiger partial charge in [0.2, 0.25) is 5.52 Å². The number of amides is 2. The lowest BCUT2D eigenvalue weighted by Gasteiger charge is -2.06. The molecule has 4 rings (SSSR count). The third kappa shape index (κ3) is 2.34. The van der Waals surface area contributed by atoms with Crippen molar-refractivity contribution in [3.05, 3.63) is 59.4 Å². The van der Waals surface area contributed by atoms with Crippen LogP contribution in [-0.4, -0.2) is 18.5 Å². The maximum absolute atomic E-state index is 12.9. The molecule has 0 fully saturated rings. The van der Waals surface area contributed by atoms with E-state index in [2.05, 4.69) is 4.98 Å². The quantitative estimate of drug-likeness (QED) is 0.678. The molecule has 7 heteroatoms. The summed E-state index contributed by atoms with van der Waals surface area (Å²) in [6.45, 7) is 2.43. The Morgan fingerprint density at radius 2 is 1.84 bits per heavy atom. The van der Waals surface area contributed by atoms with Gasteiger partial charge in [0.05, 0.1) is 6.61 Å². The van der Waals surface area contributed by atoms with E-state index in [1.165, 1.54) is 4.57 Å². The van der Waals surface area contributed by atoms with Crippen molar-refractivity contribution in [3.63, 3.8) is 0 Å². The van der Waals surface area contributed by atoms with Crippen LogP contribution < -0.4 is 19.2 Å². The van der Waals surface area contributed by atoms with Gasteiger partial charge in [-0.2, -0.15) is 9.78 Å². The number of nitrogens with zero attached hydrogens (tertiary/aromatic N) is 2. The van der Waals surface area contributed by atoms with Crippen LogP contribution in [-0.2, 0) is 0 Å². The van der Waals surface area contributed by atoms with Gasteiger partial charge in [-0.15, -0.1) is 9.47 Å². The number of nitrogens with one attached hydrogen (secondary N) is 1. The van der Waals surface area contributed by atoms with Crippen LogP contribution in [0.25, 0.3) is 11.0 Å². The van der Waals surface area contributed by atoms with E-state index >= 15 is 0 Å². The monoisotopic (exact) mass is 355 g/mol. The molecular weight excluding hydrogens is 342 g/mol. The molecule has 25 heavy (non-hydrogen) atoms. The molecule has 2 aromatic carbocycles. The summed E-state index contributed by atoms with van der Waals surface area (Å²) >= 11 is 6.23. The summed E-state index contributed by atoms with van der Waals surface area (Å²) < 4.78 is 6.74. The van der Waals surface area contributed by atoms with Gasteiger partial charge in [-0.1, -0.05) is 12.1 Å². The Labute approximate surface area is 148 Å². The lowest BCUT2D eigenvalue weighted by molar-refractivity contribution is -0.550. The number of hydrogen-bond donors (Lipinski definition) is 0. The minimum absolute atomic E-state index is 0.124. The highest BCUT2D eigenvalue weighted by atomic mass is 35.5. The average molecular weight is 356 g/mol. The Morgan fingerprint density at radius 3 is 2.56 bits per heavy atom. The number of rotatable bonds is 3. The fourth-order valence-corrected chi connectivity index (χ4v) is 3.20. The minimum atomic E-state index is -0.471. The number of benzene rings is 2. The van der Waals surface area contributed by atoms with Crippen molar-refractivity contribution < 1.29 is 23.9 Å². The van der Waals surface area contributed by atoms with Gasteiger partial charge in [0.25, 0.3) is 5.52 Å². The van der Waals surface area contributed by atoms with Crippen LogP contribution in [0.2, 0.25) is 5.15 Å². The summed E-state index contributed by atoms with van der Waals surface area (Å²) in [6.07, 6.45) is 0. The van der Waals surface area contributed by atoms with Crippen molar-refractivity contribution >= 4 is 40.3 Å². The number of aromatic nitrogens is 2. The van der Waals surface area contributed by atoms with Crippen molar-refractivity contribution in [1.29, 1.82) is 0 Å². The molecule has 1 N–H and O–H groups in total. The maximum Gasteiger partial charge on any atom is 0.512 e. The topological polar surface area (TPSA) is 64.6 Å². The van der Waals surface area contributed by atoms with Gasteiger partial charge < -0.3 is 4.74 Å². The lowest BCUT2D eigenvalue weighted by atomic mass is 10.2. The number of ether oxygens (including phenoxy) is 1. The largest absolute Gasteiger partial charge is 0.512 e. The van der Waals surface area contributed by atoms with Crippen LogP contribution in [0.4, 0.5) is 10.5 Å². The number of hydrogen-bond acceptors (Lipinski definition) is 3. The molecule has 3 aromatic rings. The van der Waals surface area contributed by atoms with Crippen molar-refractivity contribution in [2.24, 2.45) is 0 Å². The van der Waals surface area contributed by atoms with Crippen molar-refractivity contribution in [2.45, 2.75) is 6.92 Å². The number of fused-ring (bicyclic) bond motifs is 3. The summed E-state index contributed by atoms with van der Waals surface area (Å²) in [5.74, 6) is 0.202. The molecule has 0 aliphatic carbocycles. The Hall–Kier alpha value is -2.99. The second-order valence-corrected chi connectivity index (χ2v) is 5.87. The van der Waals surface area contributed by atoms with Crippen LogP contribution in [0.5, 0.6) is 5.75 Å². The fraction of sp³-hybridized carbons (Fsp3) is 0.111. The summed E-state index contributed by atoms with van der Waals surface area (Å²) in [6, 6.07) is 13.5. The molecule has 0 saturated heterocycles. The van der Waals surface area contributed by atoms with Gasteiger partial charge in [0.15, 0.2) is 0 Å². The van der Waals surface area contributed by atoms with Crippen molar-refractivity contribution in [3.8, 4) is 5.75 Å². The molecule has 6 nitrogen and oxygen atoms in total. The van der Waals surface area contributed by atoms with Crippen LogP contribution >= 0.6 is 11.6 Å². The minimum Gasteiger partial charge on any atom is -0.494 e. The van der Waals surface area contributed by atoms with E-state index in [9.17, 15) is 9.59 Å². The van der Waals surface area contributed by atoms with E-state index in [0.717, 1.165) is 4.90 Å². The molecule has 124 valence electrons. The second-order valence-electron chi connectivity index (χ2n) is 5.49. The summed E-state index contributed by atoms with van der Waals surface area (Å²) in [7, 11) is 0. The number of carbonyl (C=O) groups excluding carboxylic acids is 2. The Bertz CT molecular complexity index is 1020. The molecule has 0 unspecified atom stereocenters. The molecule has 1 aliphatic rings. The molecule has 0 atom stereocenters. The zero-order valence-corrected chi connectivity index (χ0v) is 14.1. The maximum atomic E-state index is 12.9. The predicted octanol–water partition coefficient (Wildman–Crippen LogP) is 2.62. The first-order chi connectivity index (χ1) is 12.1. The third-order valence-electron chi connectivity index (χ3n) is 4.02. The van der Waals surface area contributed by atoms with Gasteiger partial charge in [-0.05, 0) is 48.9 Å². The number of carbonyl (C=O) groups is 2. The van der Waals surface area contributed by atoms with E-state index in [0.29, 0.717) is 29.1 Å². The van der Waals surface area contributed by atoms with Crippen LogP contribution in [0.3, 0.4) is 0 Å². The van der Waals surface area contributed by atoms with E-state index in [1.807, 2.05) is 13.0 Å². The Balaban J connectivity index is 1.85. The highest BCUT2D eigenvalue weighted by Gasteiger charge is 2.52. The number of imide groups is 1. The first-order valence-electron chi connectivity index (χ1n) is 7.79. The summed E-state index contributed by atoms with van der Waals surface area (Å²) in [5.41, 5.74) is 1.85. The van der Waals surface area contributed by atoms with E-state index in [1.54, 1.807) is 42.5 Å². The fourth-order valence-electron chi connectivity index (χ4n) is 2.94. The van der Waals surface area contributed by atoms with Crippen LogP contribution in [0, 0.1) is 0 Å². The van der Waals surface area contributed by atoms with E-state index < -0.39 is 11.9 Å². The van der Waals surface area contributed by atoms with Crippen LogP contribution in [0.1, 0.15) is 17.4 Å². The first-order valence-corrected chi connectivity index (χ1v) is 8.17. The molecular formula is C18H14ClN3O3+2. The standard InChI is InChI=1S/C18H13ClN3O3/c1-2-25-12-9-7-11(8-10-12)21-17(23)15-16(19)20-13-5-3-4-6-14(13)22(15)18(21)24/h3-10H,2H2,1H3/q+1/p+1. The van der Waals surface area contributed by atoms with Crippen LogP contribution in [0.15, 0.2) is 48.5 Å². The number of aromatic amines is 1. The first kappa shape index (κ1) is 15.5. The van der Waals surface area contributed by atoms with Gasteiger partial charge in [-0.3, -0.25) is 0 Å². The molecule has 2 heterocycles. The summed E-state index contributed by atoms with van der Waals surface area (Å²) in [5, 5.41) is 0.130. The third-order valence-corrected chi connectivity index (χ3v) is 4.29. The number of para-hydroxylation sites is 2. The van der Waals surface area contributed by atoms with Gasteiger partial charge in [0.1, 0.15) is 11.4 Å². The smallest absolute Gasteiger partial charge is 0.494 e. The normalized spacial score (nSPS) is 13.4. The molecule has 0 spiro atoms. The van der Waals surface area contributed by atoms with E-state index in [-0.39, 0.29) is 10.8 Å². The SMILES string of the molecule is CCOc1ccc(N2C(=O)c3c(Cl)[nH+]c4ccccc4[n+]3C2=O)cc1. The highest BCUT2D eigenvalue weighted by molar-refractivity contribution is 6.34. The zero-order valence-electron chi connectivity index (χ0n) is 13.3. The highest BCUT2D eigenvalue weighted by Crippen LogP contribution is 2.26. The van der Waals surface area contributed by atoms with Gasteiger partial charge >= 0.3 is 22.8 Å². The lowest BCUT2D eigenvalue weighted by Crippen LogP contribution is -2.47. The molecule has 0 bridgehead atoms. The average Bonchev–Trinajstić information content (AvgIpc) is 2.88. The predicted molar refractivity (Wildman–Crippen MR) is 90.9 cm³/mol. The zero-order chi connectivity index (χ0) is 17.6. The van der Waals surface area contributed by atoms with E-state index in [4.69, 9.17) is 16.3 Å². The molecule has 1 aromatic heterocycles.